The van der Waals surface area contributed by atoms with E-state index in [-0.39, 0.29) is 0 Å². The van der Waals surface area contributed by atoms with E-state index < -0.39 is 0 Å². The Labute approximate surface area is 64.4 Å². The molecule has 0 saturated carbocycles. The Morgan fingerprint density at radius 3 is 1.57 bits per heavy atom. The second-order valence-corrected chi connectivity index (χ2v) is 3.55. The molecule has 0 aliphatic heterocycles. The summed E-state index contributed by atoms with van der Waals surface area (Å²) < 4.78 is 0. The fourth-order valence-corrected chi connectivity index (χ4v) is 0. The fourth-order valence-electron chi connectivity index (χ4n) is 0. The second-order valence-electron chi connectivity index (χ2n) is 1.72. The maximum atomic E-state index is 3.27. The van der Waals surface area contributed by atoms with Crippen LogP contribution in [-0.2, 0) is 0 Å². The van der Waals surface area contributed by atoms with Crippen molar-refractivity contribution in [2.45, 2.75) is 30.7 Å². The third-order valence-electron chi connectivity index (χ3n) is 0. The van der Waals surface area contributed by atoms with E-state index in [0.29, 0.717) is 4.83 Å². The molecule has 0 nitrogen and oxygen atoms in total. The van der Waals surface area contributed by atoms with Crippen molar-refractivity contribution < 1.29 is 0 Å². The molecule has 0 bridgehead atoms. The molecule has 0 aromatic carbocycles. The number of alkyl halides is 1. The molecule has 7 heavy (non-hydrogen) atoms. The summed E-state index contributed by atoms with van der Waals surface area (Å²) in [6.07, 6.45) is 0. The van der Waals surface area contributed by atoms with Crippen LogP contribution in [0.5, 0.6) is 0 Å². The fraction of sp³-hybridized carbons (Fsp3) is 1.00. The van der Waals surface area contributed by atoms with Crippen molar-refractivity contribution in [3.8, 4) is 0 Å². The van der Waals surface area contributed by atoms with Crippen LogP contribution in [0.25, 0.3) is 0 Å². The number of hydrogen-bond acceptors (Lipinski definition) is 0. The molecule has 0 saturated heterocycles. The molecule has 0 atom stereocenters. The van der Waals surface area contributed by atoms with Crippen molar-refractivity contribution >= 4 is 33.6 Å². The van der Waals surface area contributed by atoms with Gasteiger partial charge in [-0.15, -0.1) is 0 Å². The number of rotatable bonds is 0. The molecule has 0 spiro atoms. The Morgan fingerprint density at radius 2 is 1.57 bits per heavy atom. The van der Waals surface area contributed by atoms with Crippen molar-refractivity contribution in [1.29, 1.82) is 0 Å². The van der Waals surface area contributed by atoms with Crippen LogP contribution in [0.3, 0.4) is 0 Å². The van der Waals surface area contributed by atoms with E-state index in [9.17, 15) is 0 Å². The summed E-state index contributed by atoms with van der Waals surface area (Å²) in [5.41, 5.74) is 0. The Kier molecular flexibility index (Phi) is 15.9. The summed E-state index contributed by atoms with van der Waals surface area (Å²) in [6.45, 7) is 6.29. The molecule has 0 rings (SSSR count). The van der Waals surface area contributed by atoms with Crippen LogP contribution >= 0.6 is 15.9 Å². The Bertz CT molecular complexity index is 19.3. The molecule has 0 aromatic rings. The van der Waals surface area contributed by atoms with Crippen molar-refractivity contribution in [1.82, 2.24) is 0 Å². The monoisotopic (exact) mass is 158 g/mol. The topological polar surface area (TPSA) is 0 Å². The predicted molar refractivity (Wildman–Crippen MR) is 40.3 cm³/mol. The zero-order valence-corrected chi connectivity index (χ0v) is 7.25. The SMILES string of the molecule is CC(C)Br.[Li][CH2]C. The van der Waals surface area contributed by atoms with Gasteiger partial charge in [0.15, 0.2) is 0 Å². The molecule has 2 heteroatoms. The Hall–Kier alpha value is 1.08. The molecule has 0 amide bonds. The van der Waals surface area contributed by atoms with Crippen LogP contribution < -0.4 is 0 Å². The van der Waals surface area contributed by atoms with Gasteiger partial charge in [0, 0.05) is 4.83 Å². The summed E-state index contributed by atoms with van der Waals surface area (Å²) >= 11 is 5.40. The van der Waals surface area contributed by atoms with Gasteiger partial charge in [-0.1, -0.05) is 29.8 Å². The molecular weight excluding hydrogens is 147 g/mol. The van der Waals surface area contributed by atoms with Gasteiger partial charge in [0.25, 0.3) is 0 Å². The molecular formula is C5H12BrLi. The molecule has 0 unspecified atom stereocenters. The number of hydrogen-bond donors (Lipinski definition) is 0. The average molecular weight is 159 g/mol. The van der Waals surface area contributed by atoms with Gasteiger partial charge < -0.3 is 0 Å². The Balaban J connectivity index is 0. The second kappa shape index (κ2) is 10.1. The molecule has 0 aliphatic rings. The normalized spacial score (nSPS) is 7.86. The van der Waals surface area contributed by atoms with Crippen LogP contribution in [0.2, 0.25) is 5.09 Å². The summed E-state index contributed by atoms with van der Waals surface area (Å²) in [7, 11) is 0. The summed E-state index contributed by atoms with van der Waals surface area (Å²) in [4.78, 5) is 0.646. The zero-order valence-electron chi connectivity index (χ0n) is 5.66. The first-order valence-electron chi connectivity index (χ1n) is 2.79. The molecule has 0 radical (unpaired) electrons. The summed E-state index contributed by atoms with van der Waals surface area (Å²) in [5.74, 6) is 0. The molecule has 0 fully saturated rings. The third-order valence-corrected chi connectivity index (χ3v) is 0. The first kappa shape index (κ1) is 11.0. The molecule has 0 aliphatic carbocycles. The van der Waals surface area contributed by atoms with E-state index in [4.69, 9.17) is 0 Å². The van der Waals surface area contributed by atoms with Gasteiger partial charge in [-0.2, -0.15) is 0 Å². The van der Waals surface area contributed by atoms with E-state index >= 15 is 0 Å². The van der Waals surface area contributed by atoms with E-state index in [1.54, 1.807) is 0 Å². The van der Waals surface area contributed by atoms with Gasteiger partial charge in [0.2, 0.25) is 0 Å². The van der Waals surface area contributed by atoms with Crippen molar-refractivity contribution in [2.75, 3.05) is 0 Å². The quantitative estimate of drug-likeness (QED) is 0.376. The van der Waals surface area contributed by atoms with Crippen LogP contribution in [0.15, 0.2) is 0 Å². The third kappa shape index (κ3) is 157. The average Bonchev–Trinajstić information content (AvgIpc) is 1.33. The van der Waals surface area contributed by atoms with Crippen LogP contribution in [0, 0.1) is 0 Å². The zero-order chi connectivity index (χ0) is 6.28. The van der Waals surface area contributed by atoms with E-state index in [2.05, 4.69) is 54.4 Å². The van der Waals surface area contributed by atoms with Gasteiger partial charge in [0.1, 0.15) is 0 Å². The van der Waals surface area contributed by atoms with Crippen LogP contribution in [0.1, 0.15) is 20.8 Å². The predicted octanol–water partition coefficient (Wildman–Crippen LogP) is 2.38. The van der Waals surface area contributed by atoms with Gasteiger partial charge in [-0.3, -0.25) is 0 Å². The molecule has 0 N–H and O–H groups in total. The molecule has 0 heterocycles. The van der Waals surface area contributed by atoms with Crippen LogP contribution in [0.4, 0.5) is 0 Å². The van der Waals surface area contributed by atoms with Crippen molar-refractivity contribution in [3.63, 3.8) is 0 Å². The molecule has 40 valence electrons. The van der Waals surface area contributed by atoms with E-state index in [0.717, 1.165) is 0 Å². The van der Waals surface area contributed by atoms with Gasteiger partial charge in [0.05, 0.1) is 0 Å². The number of halogens is 1. The van der Waals surface area contributed by atoms with Crippen molar-refractivity contribution in [2.24, 2.45) is 0 Å². The van der Waals surface area contributed by atoms with E-state index in [1.807, 2.05) is 0 Å². The van der Waals surface area contributed by atoms with Gasteiger partial charge in [-0.05, 0) is 0 Å². The van der Waals surface area contributed by atoms with Crippen LogP contribution in [-0.4, -0.2) is 22.5 Å². The summed E-state index contributed by atoms with van der Waals surface area (Å²) in [5, 5.41) is 1.25. The Morgan fingerprint density at radius 1 is 1.57 bits per heavy atom. The molecule has 0 aromatic heterocycles. The standard InChI is InChI=1S/C3H7Br.C2H5.Li/c1-3(2)4;1-2;/h3H,1-2H3;1H2,2H3;. The van der Waals surface area contributed by atoms with Crippen molar-refractivity contribution in [3.05, 3.63) is 0 Å². The first-order valence-corrected chi connectivity index (χ1v) is 3.70. The van der Waals surface area contributed by atoms with Gasteiger partial charge in [-0.25, -0.2) is 0 Å². The minimum absolute atomic E-state index is 0.646. The van der Waals surface area contributed by atoms with Gasteiger partial charge >= 0.3 is 29.7 Å². The summed E-state index contributed by atoms with van der Waals surface area (Å²) in [6, 6.07) is 0. The maximum absolute atomic E-state index is 3.27. The minimum atomic E-state index is 0.646. The van der Waals surface area contributed by atoms with E-state index in [1.165, 1.54) is 5.09 Å². The first-order chi connectivity index (χ1) is 3.15.